The molecule has 0 unspecified atom stereocenters. The number of hydrogen-bond acceptors (Lipinski definition) is 4. The average Bonchev–Trinajstić information content (AvgIpc) is 2.83. The summed E-state index contributed by atoms with van der Waals surface area (Å²) in [6.45, 7) is 0.619. The number of halogens is 1. The summed E-state index contributed by atoms with van der Waals surface area (Å²) in [4.78, 5) is 15.2. The molecule has 2 aromatic carbocycles. The molecule has 1 aromatic heterocycles. The number of fused-ring (bicyclic) bond motifs is 1. The van der Waals surface area contributed by atoms with Gasteiger partial charge in [-0.25, -0.2) is 4.98 Å². The number of hydrogen-bond donors (Lipinski definition) is 0. The molecule has 0 aliphatic carbocycles. The van der Waals surface area contributed by atoms with Gasteiger partial charge in [0.05, 0.1) is 23.5 Å². The van der Waals surface area contributed by atoms with Gasteiger partial charge in [-0.15, -0.1) is 0 Å². The second-order valence-electron chi connectivity index (χ2n) is 4.76. The minimum Gasteiger partial charge on any atom is -0.549 e. The number of imidazole rings is 1. The fourth-order valence-corrected chi connectivity index (χ4v) is 3.13. The molecule has 0 fully saturated rings. The summed E-state index contributed by atoms with van der Waals surface area (Å²) in [6, 6.07) is 15.4. The molecule has 4 nitrogen and oxygen atoms in total. The maximum Gasteiger partial charge on any atom is 0.169 e. The van der Waals surface area contributed by atoms with Crippen molar-refractivity contribution < 1.29 is 9.90 Å². The lowest BCUT2D eigenvalue weighted by molar-refractivity contribution is -0.301. The summed E-state index contributed by atoms with van der Waals surface area (Å²) >= 11 is 7.16. The molecule has 0 bridgehead atoms. The Morgan fingerprint density at radius 1 is 1.23 bits per heavy atom. The molecule has 3 aromatic rings. The predicted octanol–water partition coefficient (Wildman–Crippen LogP) is 2.58. The Morgan fingerprint density at radius 3 is 2.73 bits per heavy atom. The minimum absolute atomic E-state index is 0.133. The Labute approximate surface area is 136 Å². The Bertz CT molecular complexity index is 818. The molecule has 0 spiro atoms. The Balaban J connectivity index is 2.03. The van der Waals surface area contributed by atoms with Crippen molar-refractivity contribution in [3.05, 3.63) is 59.1 Å². The second kappa shape index (κ2) is 6.42. The molecule has 6 heteroatoms. The number of aromatic nitrogens is 2. The fourth-order valence-electron chi connectivity index (χ4n) is 2.23. The largest absolute Gasteiger partial charge is 0.549 e. The van der Waals surface area contributed by atoms with E-state index in [9.17, 15) is 9.90 Å². The number of aliphatic carboxylic acids is 1. The SMILES string of the molecule is O=C([O-])CSc1nc2cc(Cl)ccc2n1Cc1ccccc1. The number of rotatable bonds is 5. The van der Waals surface area contributed by atoms with E-state index < -0.39 is 5.97 Å². The molecule has 112 valence electrons. The quantitative estimate of drug-likeness (QED) is 0.674. The molecule has 0 N–H and O–H groups in total. The Hall–Kier alpha value is -1.98. The highest BCUT2D eigenvalue weighted by Crippen LogP contribution is 2.27. The lowest BCUT2D eigenvalue weighted by atomic mass is 10.2. The highest BCUT2D eigenvalue weighted by molar-refractivity contribution is 7.99. The van der Waals surface area contributed by atoms with E-state index >= 15 is 0 Å². The van der Waals surface area contributed by atoms with Crippen molar-refractivity contribution in [2.75, 3.05) is 5.75 Å². The van der Waals surface area contributed by atoms with Crippen molar-refractivity contribution in [3.8, 4) is 0 Å². The van der Waals surface area contributed by atoms with Gasteiger partial charge in [-0.3, -0.25) is 0 Å². The van der Waals surface area contributed by atoms with Crippen LogP contribution < -0.4 is 5.11 Å². The summed E-state index contributed by atoms with van der Waals surface area (Å²) in [5, 5.41) is 12.0. The van der Waals surface area contributed by atoms with Gasteiger partial charge in [0, 0.05) is 10.8 Å². The smallest absolute Gasteiger partial charge is 0.169 e. The topological polar surface area (TPSA) is 57.9 Å². The third kappa shape index (κ3) is 3.26. The molecular weight excluding hydrogens is 320 g/mol. The second-order valence-corrected chi connectivity index (χ2v) is 6.14. The van der Waals surface area contributed by atoms with Crippen molar-refractivity contribution in [1.29, 1.82) is 0 Å². The van der Waals surface area contributed by atoms with E-state index in [1.807, 2.05) is 41.0 Å². The van der Waals surface area contributed by atoms with Crippen LogP contribution in [0.25, 0.3) is 11.0 Å². The van der Waals surface area contributed by atoms with Crippen molar-refractivity contribution >= 4 is 40.4 Å². The van der Waals surface area contributed by atoms with Crippen LogP contribution in [0.4, 0.5) is 0 Å². The number of carbonyl (C=O) groups excluding carboxylic acids is 1. The van der Waals surface area contributed by atoms with Gasteiger partial charge in [0.1, 0.15) is 0 Å². The van der Waals surface area contributed by atoms with Gasteiger partial charge in [-0.2, -0.15) is 0 Å². The van der Waals surface area contributed by atoms with Crippen LogP contribution in [0.5, 0.6) is 0 Å². The molecule has 0 aliphatic rings. The maximum absolute atomic E-state index is 10.7. The number of carbonyl (C=O) groups is 1. The first-order valence-corrected chi connectivity index (χ1v) is 8.02. The number of carboxylic acids is 1. The average molecular weight is 332 g/mol. The Morgan fingerprint density at radius 2 is 2.00 bits per heavy atom. The first kappa shape index (κ1) is 14.9. The van der Waals surface area contributed by atoms with Crippen LogP contribution in [0.3, 0.4) is 0 Å². The molecule has 0 atom stereocenters. The van der Waals surface area contributed by atoms with Crippen LogP contribution >= 0.6 is 23.4 Å². The number of thioether (sulfide) groups is 1. The van der Waals surface area contributed by atoms with Gasteiger partial charge in [-0.05, 0) is 23.8 Å². The van der Waals surface area contributed by atoms with Gasteiger partial charge in [0.25, 0.3) is 0 Å². The molecule has 3 rings (SSSR count). The monoisotopic (exact) mass is 331 g/mol. The van der Waals surface area contributed by atoms with Crippen LogP contribution in [-0.2, 0) is 11.3 Å². The molecule has 0 radical (unpaired) electrons. The first-order valence-electron chi connectivity index (χ1n) is 6.66. The predicted molar refractivity (Wildman–Crippen MR) is 86.0 cm³/mol. The van der Waals surface area contributed by atoms with Crippen molar-refractivity contribution in [1.82, 2.24) is 9.55 Å². The van der Waals surface area contributed by atoms with E-state index in [1.165, 1.54) is 0 Å². The standard InChI is InChI=1S/C16H13ClN2O2S/c17-12-6-7-14-13(8-12)18-16(22-10-15(20)21)19(14)9-11-4-2-1-3-5-11/h1-8H,9-10H2,(H,20,21)/p-1. The maximum atomic E-state index is 10.7. The normalized spacial score (nSPS) is 11.0. The summed E-state index contributed by atoms with van der Waals surface area (Å²) in [7, 11) is 0. The van der Waals surface area contributed by atoms with E-state index in [-0.39, 0.29) is 5.75 Å². The Kier molecular flexibility index (Phi) is 4.36. The molecule has 22 heavy (non-hydrogen) atoms. The van der Waals surface area contributed by atoms with E-state index in [4.69, 9.17) is 11.6 Å². The van der Waals surface area contributed by atoms with Gasteiger partial charge in [0.2, 0.25) is 0 Å². The highest BCUT2D eigenvalue weighted by Gasteiger charge is 2.12. The lowest BCUT2D eigenvalue weighted by Gasteiger charge is -2.09. The van der Waals surface area contributed by atoms with Crippen LogP contribution in [0, 0.1) is 0 Å². The summed E-state index contributed by atoms with van der Waals surface area (Å²) in [6.07, 6.45) is 0. The van der Waals surface area contributed by atoms with E-state index in [0.29, 0.717) is 16.7 Å². The van der Waals surface area contributed by atoms with E-state index in [2.05, 4.69) is 4.98 Å². The van der Waals surface area contributed by atoms with Crippen LogP contribution in [-0.4, -0.2) is 21.3 Å². The molecule has 0 aliphatic heterocycles. The zero-order chi connectivity index (χ0) is 15.5. The van der Waals surface area contributed by atoms with Gasteiger partial charge < -0.3 is 14.5 Å². The molecule has 0 saturated heterocycles. The van der Waals surface area contributed by atoms with Gasteiger partial charge in [0.15, 0.2) is 5.16 Å². The minimum atomic E-state index is -1.11. The zero-order valence-electron chi connectivity index (χ0n) is 11.5. The third-order valence-corrected chi connectivity index (χ3v) is 4.36. The molecule has 0 amide bonds. The molecular formula is C16H12ClN2O2S-. The van der Waals surface area contributed by atoms with E-state index in [0.717, 1.165) is 28.4 Å². The number of benzene rings is 2. The van der Waals surface area contributed by atoms with Crippen LogP contribution in [0.15, 0.2) is 53.7 Å². The zero-order valence-corrected chi connectivity index (χ0v) is 13.1. The highest BCUT2D eigenvalue weighted by atomic mass is 35.5. The number of nitrogens with zero attached hydrogens (tertiary/aromatic N) is 2. The molecule has 1 heterocycles. The number of carboxylic acid groups (broad SMARTS) is 1. The summed E-state index contributed by atoms with van der Waals surface area (Å²) in [5.41, 5.74) is 2.80. The van der Waals surface area contributed by atoms with Gasteiger partial charge in [-0.1, -0.05) is 53.7 Å². The summed E-state index contributed by atoms with van der Waals surface area (Å²) < 4.78 is 1.99. The van der Waals surface area contributed by atoms with Crippen molar-refractivity contribution in [2.45, 2.75) is 11.7 Å². The lowest BCUT2D eigenvalue weighted by Crippen LogP contribution is -2.24. The van der Waals surface area contributed by atoms with E-state index in [1.54, 1.807) is 12.1 Å². The summed E-state index contributed by atoms with van der Waals surface area (Å²) in [5.74, 6) is -1.24. The van der Waals surface area contributed by atoms with Gasteiger partial charge >= 0.3 is 0 Å². The van der Waals surface area contributed by atoms with Crippen molar-refractivity contribution in [2.24, 2.45) is 0 Å². The van der Waals surface area contributed by atoms with Crippen LogP contribution in [0.1, 0.15) is 5.56 Å². The first-order chi connectivity index (χ1) is 10.6. The third-order valence-electron chi connectivity index (χ3n) is 3.18. The fraction of sp³-hybridized carbons (Fsp3) is 0.125. The van der Waals surface area contributed by atoms with Crippen molar-refractivity contribution in [3.63, 3.8) is 0 Å². The van der Waals surface area contributed by atoms with Crippen LogP contribution in [0.2, 0.25) is 5.02 Å². The molecule has 0 saturated carbocycles.